The molecule has 0 fully saturated rings. The van der Waals surface area contributed by atoms with Gasteiger partial charge in [-0.15, -0.1) is 0 Å². The highest BCUT2D eigenvalue weighted by atomic mass is 16.5. The minimum absolute atomic E-state index is 0.0615. The van der Waals surface area contributed by atoms with Crippen molar-refractivity contribution in [1.29, 1.82) is 0 Å². The first kappa shape index (κ1) is 21.2. The Morgan fingerprint density at radius 2 is 1.97 bits per heavy atom. The number of rotatable bonds is 10. The van der Waals surface area contributed by atoms with Crippen molar-refractivity contribution in [3.8, 4) is 5.75 Å². The Labute approximate surface area is 173 Å². The molecule has 0 radical (unpaired) electrons. The van der Waals surface area contributed by atoms with Gasteiger partial charge in [-0.2, -0.15) is 0 Å². The number of carboxylic acids is 1. The average molecular weight is 410 g/mol. The molecule has 2 N–H and O–H groups in total. The van der Waals surface area contributed by atoms with E-state index in [0.717, 1.165) is 11.1 Å². The fourth-order valence-corrected chi connectivity index (χ4v) is 3.13. The third-order valence-corrected chi connectivity index (χ3v) is 4.74. The van der Waals surface area contributed by atoms with Gasteiger partial charge in [0.05, 0.1) is 13.2 Å². The van der Waals surface area contributed by atoms with E-state index >= 15 is 0 Å². The van der Waals surface area contributed by atoms with Crippen LogP contribution in [0.4, 0.5) is 0 Å². The standard InChI is InChI=1S/C21H22N4O5/c22-25-23-13-17-5-2-1-4-16(17)12-21(20(27)28)14-30-19(24-21)15-6-8-18(9-7-15)29-11-3-10-26/h1-2,4-9,26H,3,10-14H2,(H,27,28)/t21-/m1/s1. The molecule has 1 atom stereocenters. The van der Waals surface area contributed by atoms with Gasteiger partial charge in [-0.1, -0.05) is 29.4 Å². The summed E-state index contributed by atoms with van der Waals surface area (Å²) in [5.41, 5.74) is 9.27. The molecule has 9 nitrogen and oxygen atoms in total. The highest BCUT2D eigenvalue weighted by molar-refractivity contribution is 5.99. The molecule has 1 aliphatic heterocycles. The number of nitrogens with zero attached hydrogens (tertiary/aromatic N) is 4. The Morgan fingerprint density at radius 3 is 2.63 bits per heavy atom. The van der Waals surface area contributed by atoms with Crippen molar-refractivity contribution in [2.45, 2.75) is 24.9 Å². The van der Waals surface area contributed by atoms with Crippen molar-refractivity contribution >= 4 is 11.9 Å². The summed E-state index contributed by atoms with van der Waals surface area (Å²) < 4.78 is 11.2. The number of benzene rings is 2. The number of ether oxygens (including phenoxy) is 2. The van der Waals surface area contributed by atoms with Gasteiger partial charge in [0, 0.05) is 29.9 Å². The van der Waals surface area contributed by atoms with Gasteiger partial charge in [0.15, 0.2) is 5.54 Å². The van der Waals surface area contributed by atoms with Crippen molar-refractivity contribution in [2.24, 2.45) is 10.1 Å². The zero-order chi connectivity index (χ0) is 21.4. The largest absolute Gasteiger partial charge is 0.494 e. The number of aliphatic carboxylic acids is 1. The van der Waals surface area contributed by atoms with Gasteiger partial charge in [-0.05, 0) is 40.9 Å². The number of aliphatic hydroxyl groups excluding tert-OH is 1. The number of carbonyl (C=O) groups is 1. The van der Waals surface area contributed by atoms with Crippen molar-refractivity contribution < 1.29 is 24.5 Å². The molecule has 0 unspecified atom stereocenters. The van der Waals surface area contributed by atoms with E-state index in [0.29, 0.717) is 24.3 Å². The van der Waals surface area contributed by atoms with Crippen LogP contribution in [0.15, 0.2) is 58.6 Å². The lowest BCUT2D eigenvalue weighted by Crippen LogP contribution is -2.40. The Morgan fingerprint density at radius 1 is 1.23 bits per heavy atom. The number of carboxylic acid groups (broad SMARTS) is 1. The SMILES string of the molecule is [N-]=[N+]=NCc1ccccc1C[C@]1(C(=O)O)COC(c2ccc(OCCCO)cc2)=N1. The summed E-state index contributed by atoms with van der Waals surface area (Å²) in [6.07, 6.45) is 0.658. The maximum Gasteiger partial charge on any atom is 0.335 e. The van der Waals surface area contributed by atoms with E-state index in [1.54, 1.807) is 42.5 Å². The minimum atomic E-state index is -1.46. The van der Waals surface area contributed by atoms with Crippen LogP contribution in [-0.4, -0.2) is 47.4 Å². The molecular weight excluding hydrogens is 388 g/mol. The molecule has 0 bridgehead atoms. The lowest BCUT2D eigenvalue weighted by molar-refractivity contribution is -0.143. The second-order valence-electron chi connectivity index (χ2n) is 6.83. The monoisotopic (exact) mass is 410 g/mol. The number of aliphatic hydroxyl groups is 1. The Bertz CT molecular complexity index is 970. The Kier molecular flexibility index (Phi) is 6.90. The molecule has 0 aromatic heterocycles. The Hall–Kier alpha value is -3.55. The quantitative estimate of drug-likeness (QED) is 0.268. The summed E-state index contributed by atoms with van der Waals surface area (Å²) in [4.78, 5) is 19.3. The van der Waals surface area contributed by atoms with Crippen LogP contribution in [0.5, 0.6) is 5.75 Å². The number of aliphatic imine (C=N–C) groups is 1. The molecule has 3 rings (SSSR count). The third-order valence-electron chi connectivity index (χ3n) is 4.74. The molecule has 0 spiro atoms. The molecule has 156 valence electrons. The first-order valence-corrected chi connectivity index (χ1v) is 9.46. The minimum Gasteiger partial charge on any atom is -0.494 e. The van der Waals surface area contributed by atoms with Crippen LogP contribution in [0.3, 0.4) is 0 Å². The predicted molar refractivity (Wildman–Crippen MR) is 109 cm³/mol. The van der Waals surface area contributed by atoms with E-state index in [4.69, 9.17) is 20.1 Å². The molecule has 1 aliphatic rings. The van der Waals surface area contributed by atoms with Crippen molar-refractivity contribution in [2.75, 3.05) is 19.8 Å². The fourth-order valence-electron chi connectivity index (χ4n) is 3.13. The van der Waals surface area contributed by atoms with Crippen molar-refractivity contribution in [1.82, 2.24) is 0 Å². The van der Waals surface area contributed by atoms with Crippen molar-refractivity contribution in [3.63, 3.8) is 0 Å². The van der Waals surface area contributed by atoms with Crippen molar-refractivity contribution in [3.05, 3.63) is 75.7 Å². The number of hydrogen-bond donors (Lipinski definition) is 2. The van der Waals surface area contributed by atoms with Gasteiger partial charge >= 0.3 is 5.97 Å². The normalized spacial score (nSPS) is 17.6. The molecule has 0 saturated carbocycles. The summed E-state index contributed by atoms with van der Waals surface area (Å²) in [6.45, 7) is 0.510. The topological polar surface area (TPSA) is 137 Å². The molecule has 2 aromatic rings. The van der Waals surface area contributed by atoms with Crippen LogP contribution in [0, 0.1) is 0 Å². The average Bonchev–Trinajstić information content (AvgIpc) is 3.19. The smallest absolute Gasteiger partial charge is 0.335 e. The maximum absolute atomic E-state index is 12.1. The highest BCUT2D eigenvalue weighted by Gasteiger charge is 2.45. The zero-order valence-corrected chi connectivity index (χ0v) is 16.3. The van der Waals surface area contributed by atoms with E-state index in [1.165, 1.54) is 0 Å². The van der Waals surface area contributed by atoms with Gasteiger partial charge < -0.3 is 19.7 Å². The van der Waals surface area contributed by atoms with Crippen LogP contribution in [-0.2, 0) is 22.5 Å². The van der Waals surface area contributed by atoms with Gasteiger partial charge in [0.1, 0.15) is 12.4 Å². The van der Waals surface area contributed by atoms with Gasteiger partial charge in [-0.3, -0.25) is 0 Å². The van der Waals surface area contributed by atoms with Gasteiger partial charge in [0.2, 0.25) is 5.90 Å². The number of hydrogen-bond acceptors (Lipinski definition) is 6. The second kappa shape index (κ2) is 9.78. The molecule has 9 heteroatoms. The molecule has 0 saturated heterocycles. The van der Waals surface area contributed by atoms with Crippen LogP contribution in [0.1, 0.15) is 23.1 Å². The predicted octanol–water partition coefficient (Wildman–Crippen LogP) is 3.10. The summed E-state index contributed by atoms with van der Waals surface area (Å²) in [6, 6.07) is 14.2. The van der Waals surface area contributed by atoms with Crippen LogP contribution < -0.4 is 4.74 Å². The molecule has 2 aromatic carbocycles. The summed E-state index contributed by atoms with van der Waals surface area (Å²) >= 11 is 0. The van der Waals surface area contributed by atoms with Crippen LogP contribution in [0.25, 0.3) is 10.4 Å². The maximum atomic E-state index is 12.1. The zero-order valence-electron chi connectivity index (χ0n) is 16.3. The first-order valence-electron chi connectivity index (χ1n) is 9.46. The third kappa shape index (κ3) is 4.89. The van der Waals surface area contributed by atoms with E-state index in [1.807, 2.05) is 6.07 Å². The summed E-state index contributed by atoms with van der Waals surface area (Å²) in [7, 11) is 0. The van der Waals surface area contributed by atoms with E-state index in [9.17, 15) is 9.90 Å². The fraction of sp³-hybridized carbons (Fsp3) is 0.333. The first-order chi connectivity index (χ1) is 14.6. The molecule has 0 aliphatic carbocycles. The summed E-state index contributed by atoms with van der Waals surface area (Å²) in [5, 5.41) is 22.3. The lowest BCUT2D eigenvalue weighted by atomic mass is 9.90. The molecular formula is C21H22N4O5. The Balaban J connectivity index is 1.82. The molecule has 1 heterocycles. The van der Waals surface area contributed by atoms with Crippen LogP contribution >= 0.6 is 0 Å². The highest BCUT2D eigenvalue weighted by Crippen LogP contribution is 2.29. The van der Waals surface area contributed by atoms with E-state index < -0.39 is 11.5 Å². The number of azide groups is 1. The summed E-state index contributed by atoms with van der Waals surface area (Å²) in [5.74, 6) is -0.186. The van der Waals surface area contributed by atoms with Crippen LogP contribution in [0.2, 0.25) is 0 Å². The van der Waals surface area contributed by atoms with Gasteiger partial charge in [0.25, 0.3) is 0 Å². The molecule has 30 heavy (non-hydrogen) atoms. The lowest BCUT2D eigenvalue weighted by Gasteiger charge is -2.20. The molecule has 0 amide bonds. The van der Waals surface area contributed by atoms with E-state index in [-0.39, 0.29) is 32.1 Å². The van der Waals surface area contributed by atoms with E-state index in [2.05, 4.69) is 15.0 Å². The second-order valence-corrected chi connectivity index (χ2v) is 6.83. The van der Waals surface area contributed by atoms with Gasteiger partial charge in [-0.25, -0.2) is 9.79 Å².